The molecule has 0 radical (unpaired) electrons. The van der Waals surface area contributed by atoms with Crippen LogP contribution < -0.4 is 10.2 Å². The van der Waals surface area contributed by atoms with E-state index in [4.69, 9.17) is 0 Å². The minimum Gasteiger partial charge on any atom is -0.360 e. The molecular formula is C20H27N4O+. The van der Waals surface area contributed by atoms with Gasteiger partial charge in [0.15, 0.2) is 0 Å². The van der Waals surface area contributed by atoms with Gasteiger partial charge in [-0.2, -0.15) is 0 Å². The van der Waals surface area contributed by atoms with Gasteiger partial charge in [-0.1, -0.05) is 6.07 Å². The lowest BCUT2D eigenvalue weighted by Crippen LogP contribution is -2.57. The SMILES string of the molecule is CC[N+]1(C)CCN(c2ccc(C(=O)Nc3cccc(C)n3)cc2)CC1. The minimum atomic E-state index is -0.126. The fraction of sp³-hybridized carbons (Fsp3) is 0.400. The molecule has 1 aliphatic rings. The maximum atomic E-state index is 12.4. The van der Waals surface area contributed by atoms with E-state index in [2.05, 4.69) is 29.2 Å². The number of benzene rings is 1. The maximum Gasteiger partial charge on any atom is 0.256 e. The van der Waals surface area contributed by atoms with Gasteiger partial charge in [0, 0.05) is 16.9 Å². The largest absolute Gasteiger partial charge is 0.360 e. The molecule has 5 nitrogen and oxygen atoms in total. The molecule has 1 fully saturated rings. The van der Waals surface area contributed by atoms with E-state index in [9.17, 15) is 4.79 Å². The molecule has 0 atom stereocenters. The Kier molecular flexibility index (Phi) is 5.04. The topological polar surface area (TPSA) is 45.2 Å². The molecule has 3 rings (SSSR count). The van der Waals surface area contributed by atoms with Crippen LogP contribution in [0.1, 0.15) is 23.0 Å². The van der Waals surface area contributed by atoms with Crippen LogP contribution in [0.15, 0.2) is 42.5 Å². The number of aromatic nitrogens is 1. The van der Waals surface area contributed by atoms with E-state index in [1.54, 1.807) is 6.07 Å². The highest BCUT2D eigenvalue weighted by atomic mass is 16.1. The molecule has 0 spiro atoms. The average Bonchev–Trinajstić information content (AvgIpc) is 2.62. The third-order valence-electron chi connectivity index (χ3n) is 5.21. The second-order valence-electron chi connectivity index (χ2n) is 7.04. The predicted molar refractivity (Wildman–Crippen MR) is 102 cm³/mol. The first-order valence-electron chi connectivity index (χ1n) is 8.93. The van der Waals surface area contributed by atoms with Crippen molar-refractivity contribution in [1.82, 2.24) is 4.98 Å². The van der Waals surface area contributed by atoms with Gasteiger partial charge in [-0.05, 0) is 50.2 Å². The fourth-order valence-corrected chi connectivity index (χ4v) is 3.15. The van der Waals surface area contributed by atoms with Crippen molar-refractivity contribution >= 4 is 17.4 Å². The van der Waals surface area contributed by atoms with Gasteiger partial charge in [0.25, 0.3) is 5.91 Å². The van der Waals surface area contributed by atoms with Crippen LogP contribution in [-0.4, -0.2) is 55.1 Å². The molecule has 1 N–H and O–H groups in total. The predicted octanol–water partition coefficient (Wildman–Crippen LogP) is 2.93. The number of pyridine rings is 1. The van der Waals surface area contributed by atoms with Crippen LogP contribution in [0.3, 0.4) is 0 Å². The Morgan fingerprint density at radius 1 is 1.16 bits per heavy atom. The third kappa shape index (κ3) is 4.17. The van der Waals surface area contributed by atoms with Crippen LogP contribution in [0, 0.1) is 6.92 Å². The Morgan fingerprint density at radius 3 is 2.44 bits per heavy atom. The fourth-order valence-electron chi connectivity index (χ4n) is 3.15. The van der Waals surface area contributed by atoms with E-state index in [0.717, 1.165) is 36.4 Å². The highest BCUT2D eigenvalue weighted by Crippen LogP contribution is 2.20. The van der Waals surface area contributed by atoms with Gasteiger partial charge >= 0.3 is 0 Å². The van der Waals surface area contributed by atoms with Crippen molar-refractivity contribution in [2.75, 3.05) is 50.0 Å². The molecule has 1 aromatic heterocycles. The van der Waals surface area contributed by atoms with Gasteiger partial charge in [0.1, 0.15) is 5.82 Å². The molecule has 0 unspecified atom stereocenters. The number of nitrogens with zero attached hydrogens (tertiary/aromatic N) is 3. The number of carbonyl (C=O) groups excluding carboxylic acids is 1. The number of quaternary nitrogens is 1. The average molecular weight is 339 g/mol. The summed E-state index contributed by atoms with van der Waals surface area (Å²) in [7, 11) is 2.32. The first-order valence-corrected chi connectivity index (χ1v) is 8.93. The number of carbonyl (C=O) groups is 1. The van der Waals surface area contributed by atoms with Crippen LogP contribution in [0.4, 0.5) is 11.5 Å². The number of hydrogen-bond donors (Lipinski definition) is 1. The molecule has 0 aliphatic carbocycles. The van der Waals surface area contributed by atoms with Crippen LogP contribution in [0.5, 0.6) is 0 Å². The number of hydrogen-bond acceptors (Lipinski definition) is 3. The summed E-state index contributed by atoms with van der Waals surface area (Å²) in [5, 5.41) is 2.85. The molecule has 132 valence electrons. The quantitative estimate of drug-likeness (QED) is 0.871. The van der Waals surface area contributed by atoms with Crippen LogP contribution in [0.25, 0.3) is 0 Å². The van der Waals surface area contributed by atoms with Crippen molar-refractivity contribution in [2.24, 2.45) is 0 Å². The second-order valence-corrected chi connectivity index (χ2v) is 7.04. The third-order valence-corrected chi connectivity index (χ3v) is 5.21. The van der Waals surface area contributed by atoms with E-state index >= 15 is 0 Å². The number of likely N-dealkylation sites (N-methyl/N-ethyl adjacent to an activating group) is 1. The summed E-state index contributed by atoms with van der Waals surface area (Å²) in [4.78, 5) is 19.1. The number of amides is 1. The summed E-state index contributed by atoms with van der Waals surface area (Å²) in [6.07, 6.45) is 0. The Balaban J connectivity index is 1.63. The van der Waals surface area contributed by atoms with Gasteiger partial charge in [-0.3, -0.25) is 4.79 Å². The van der Waals surface area contributed by atoms with E-state index in [0.29, 0.717) is 11.4 Å². The Morgan fingerprint density at radius 2 is 1.84 bits per heavy atom. The minimum absolute atomic E-state index is 0.126. The lowest BCUT2D eigenvalue weighted by Gasteiger charge is -2.42. The molecule has 1 aromatic carbocycles. The first-order chi connectivity index (χ1) is 12.0. The molecule has 1 amide bonds. The molecule has 0 bridgehead atoms. The van der Waals surface area contributed by atoms with Crippen LogP contribution >= 0.6 is 0 Å². The van der Waals surface area contributed by atoms with Gasteiger partial charge in [-0.25, -0.2) is 4.98 Å². The summed E-state index contributed by atoms with van der Waals surface area (Å²) < 4.78 is 1.14. The molecule has 5 heteroatoms. The number of aryl methyl sites for hydroxylation is 1. The lowest BCUT2D eigenvalue weighted by molar-refractivity contribution is -0.908. The molecule has 2 heterocycles. The number of piperazine rings is 1. The molecular weight excluding hydrogens is 312 g/mol. The number of rotatable bonds is 4. The zero-order chi connectivity index (χ0) is 17.9. The van der Waals surface area contributed by atoms with E-state index in [1.807, 2.05) is 43.3 Å². The normalized spacial score (nSPS) is 16.5. The Bertz CT molecular complexity index is 734. The monoisotopic (exact) mass is 339 g/mol. The molecule has 1 aliphatic heterocycles. The highest BCUT2D eigenvalue weighted by Gasteiger charge is 2.26. The van der Waals surface area contributed by atoms with E-state index < -0.39 is 0 Å². The van der Waals surface area contributed by atoms with Crippen molar-refractivity contribution in [3.05, 3.63) is 53.7 Å². The van der Waals surface area contributed by atoms with E-state index in [1.165, 1.54) is 12.2 Å². The summed E-state index contributed by atoms with van der Waals surface area (Å²) in [6.45, 7) is 9.79. The van der Waals surface area contributed by atoms with Crippen LogP contribution in [0.2, 0.25) is 0 Å². The van der Waals surface area contributed by atoms with Crippen molar-refractivity contribution in [1.29, 1.82) is 0 Å². The maximum absolute atomic E-state index is 12.4. The Hall–Kier alpha value is -2.40. The summed E-state index contributed by atoms with van der Waals surface area (Å²) in [5.74, 6) is 0.459. The smallest absolute Gasteiger partial charge is 0.256 e. The summed E-state index contributed by atoms with van der Waals surface area (Å²) >= 11 is 0. The zero-order valence-corrected chi connectivity index (χ0v) is 15.3. The molecule has 2 aromatic rings. The zero-order valence-electron chi connectivity index (χ0n) is 15.3. The molecule has 0 saturated carbocycles. The molecule has 25 heavy (non-hydrogen) atoms. The number of nitrogens with one attached hydrogen (secondary N) is 1. The van der Waals surface area contributed by atoms with Crippen molar-refractivity contribution in [3.8, 4) is 0 Å². The lowest BCUT2D eigenvalue weighted by atomic mass is 10.1. The van der Waals surface area contributed by atoms with Gasteiger partial charge in [-0.15, -0.1) is 0 Å². The van der Waals surface area contributed by atoms with Crippen molar-refractivity contribution in [2.45, 2.75) is 13.8 Å². The van der Waals surface area contributed by atoms with Gasteiger partial charge in [0.2, 0.25) is 0 Å². The summed E-state index contributed by atoms with van der Waals surface area (Å²) in [5.41, 5.74) is 2.72. The standard InChI is InChI=1S/C20H26N4O/c1-4-24(3)14-12-23(13-15-24)18-10-8-17(9-11-18)20(25)22-19-7-5-6-16(2)21-19/h5-11H,4,12-15H2,1-3H3/p+1. The Labute approximate surface area is 149 Å². The van der Waals surface area contributed by atoms with E-state index in [-0.39, 0.29) is 5.91 Å². The number of anilines is 2. The summed E-state index contributed by atoms with van der Waals surface area (Å²) in [6, 6.07) is 13.5. The molecule has 1 saturated heterocycles. The van der Waals surface area contributed by atoms with Crippen molar-refractivity contribution < 1.29 is 9.28 Å². The highest BCUT2D eigenvalue weighted by molar-refractivity contribution is 6.03. The van der Waals surface area contributed by atoms with Crippen LogP contribution in [-0.2, 0) is 0 Å². The van der Waals surface area contributed by atoms with Gasteiger partial charge < -0.3 is 14.7 Å². The first kappa shape index (κ1) is 17.4. The second kappa shape index (κ2) is 7.23. The van der Waals surface area contributed by atoms with Gasteiger partial charge in [0.05, 0.1) is 39.8 Å². The van der Waals surface area contributed by atoms with Crippen molar-refractivity contribution in [3.63, 3.8) is 0 Å².